The van der Waals surface area contributed by atoms with E-state index in [1.807, 2.05) is 19.9 Å². The monoisotopic (exact) mass is 232 g/mol. The molecule has 1 atom stereocenters. The first-order chi connectivity index (χ1) is 8.16. The van der Waals surface area contributed by atoms with E-state index in [0.29, 0.717) is 6.61 Å². The molecule has 0 N–H and O–H groups in total. The Hall–Kier alpha value is -1.12. The van der Waals surface area contributed by atoms with Crippen molar-refractivity contribution in [3.63, 3.8) is 0 Å². The van der Waals surface area contributed by atoms with Gasteiger partial charge in [0.15, 0.2) is 5.79 Å². The second-order valence-corrected chi connectivity index (χ2v) is 4.82. The molecule has 1 saturated heterocycles. The van der Waals surface area contributed by atoms with Crippen LogP contribution in [0.1, 0.15) is 25.8 Å². The summed E-state index contributed by atoms with van der Waals surface area (Å²) >= 11 is 0. The fourth-order valence-electron chi connectivity index (χ4n) is 1.95. The van der Waals surface area contributed by atoms with Crippen LogP contribution in [0.3, 0.4) is 0 Å². The lowest BCUT2D eigenvalue weighted by atomic mass is 10.1. The van der Waals surface area contributed by atoms with Gasteiger partial charge in [-0.2, -0.15) is 0 Å². The van der Waals surface area contributed by atoms with E-state index in [1.165, 1.54) is 5.56 Å². The molecule has 0 aromatic heterocycles. The average molecular weight is 232 g/mol. The molecule has 1 fully saturated rings. The fourth-order valence-corrected chi connectivity index (χ4v) is 1.95. The summed E-state index contributed by atoms with van der Waals surface area (Å²) in [4.78, 5) is 0. The van der Waals surface area contributed by atoms with E-state index in [9.17, 15) is 0 Å². The number of ether oxygens (including phenoxy) is 2. The van der Waals surface area contributed by atoms with Gasteiger partial charge in [-0.25, -0.2) is 0 Å². The maximum absolute atomic E-state index is 5.69. The Bertz CT molecular complexity index is 368. The molecule has 0 aliphatic carbocycles. The lowest BCUT2D eigenvalue weighted by molar-refractivity contribution is -0.133. The Labute approximate surface area is 103 Å². The third kappa shape index (κ3) is 3.99. The molecule has 1 heterocycles. The third-order valence-electron chi connectivity index (χ3n) is 2.82. The van der Waals surface area contributed by atoms with Crippen LogP contribution in [-0.4, -0.2) is 18.5 Å². The number of allylic oxidation sites excluding steroid dienone is 1. The molecule has 0 amide bonds. The van der Waals surface area contributed by atoms with Crippen molar-refractivity contribution in [2.45, 2.75) is 38.6 Å². The summed E-state index contributed by atoms with van der Waals surface area (Å²) in [7, 11) is 0. The summed E-state index contributed by atoms with van der Waals surface area (Å²) in [6.45, 7) is 4.56. The van der Waals surface area contributed by atoms with E-state index in [2.05, 4.69) is 36.4 Å². The lowest BCUT2D eigenvalue weighted by Crippen LogP contribution is -2.20. The summed E-state index contributed by atoms with van der Waals surface area (Å²) in [5, 5.41) is 0. The van der Waals surface area contributed by atoms with Crippen LogP contribution < -0.4 is 0 Å². The van der Waals surface area contributed by atoms with Crippen molar-refractivity contribution in [1.82, 2.24) is 0 Å². The molecule has 1 aromatic carbocycles. The van der Waals surface area contributed by atoms with E-state index in [1.54, 1.807) is 0 Å². The van der Waals surface area contributed by atoms with Gasteiger partial charge in [0.25, 0.3) is 0 Å². The van der Waals surface area contributed by atoms with Crippen LogP contribution in [0, 0.1) is 0 Å². The predicted octanol–water partition coefficient (Wildman–Crippen LogP) is 3.33. The molecular weight excluding hydrogens is 212 g/mol. The van der Waals surface area contributed by atoms with E-state index in [-0.39, 0.29) is 6.10 Å². The summed E-state index contributed by atoms with van der Waals surface area (Å²) in [5.41, 5.74) is 1.38. The Kier molecular flexibility index (Phi) is 3.97. The van der Waals surface area contributed by atoms with Crippen LogP contribution in [0.15, 0.2) is 42.5 Å². The van der Waals surface area contributed by atoms with Crippen molar-refractivity contribution < 1.29 is 9.47 Å². The normalized spacial score (nSPS) is 23.3. The molecule has 0 spiro atoms. The highest BCUT2D eigenvalue weighted by Crippen LogP contribution is 2.22. The lowest BCUT2D eigenvalue weighted by Gasteiger charge is -2.15. The Morgan fingerprint density at radius 3 is 2.71 bits per heavy atom. The molecule has 92 valence electrons. The summed E-state index contributed by atoms with van der Waals surface area (Å²) < 4.78 is 11.2. The first-order valence-corrected chi connectivity index (χ1v) is 6.18. The number of aryl methyl sites for hydroxylation is 1. The number of benzene rings is 1. The van der Waals surface area contributed by atoms with Gasteiger partial charge in [0.1, 0.15) is 6.10 Å². The SMILES string of the molecule is CC1(C)OCC(/C=C/CCc2ccccc2)O1. The zero-order valence-electron chi connectivity index (χ0n) is 10.6. The van der Waals surface area contributed by atoms with E-state index >= 15 is 0 Å². The summed E-state index contributed by atoms with van der Waals surface area (Å²) in [6, 6.07) is 10.5. The molecule has 1 aliphatic heterocycles. The van der Waals surface area contributed by atoms with Crippen molar-refractivity contribution in [2.75, 3.05) is 6.61 Å². The molecule has 2 heteroatoms. The highest BCUT2D eigenvalue weighted by molar-refractivity contribution is 5.15. The molecule has 0 bridgehead atoms. The van der Waals surface area contributed by atoms with Gasteiger partial charge in [0.05, 0.1) is 6.61 Å². The van der Waals surface area contributed by atoms with Crippen molar-refractivity contribution in [1.29, 1.82) is 0 Å². The number of hydrogen-bond acceptors (Lipinski definition) is 2. The van der Waals surface area contributed by atoms with Crippen molar-refractivity contribution >= 4 is 0 Å². The van der Waals surface area contributed by atoms with Gasteiger partial charge < -0.3 is 9.47 Å². The summed E-state index contributed by atoms with van der Waals surface area (Å²) in [6.07, 6.45) is 6.53. The van der Waals surface area contributed by atoms with Crippen LogP contribution in [0.5, 0.6) is 0 Å². The average Bonchev–Trinajstić information content (AvgIpc) is 2.66. The van der Waals surface area contributed by atoms with E-state index in [4.69, 9.17) is 9.47 Å². The van der Waals surface area contributed by atoms with Gasteiger partial charge in [-0.1, -0.05) is 42.5 Å². The van der Waals surface area contributed by atoms with Crippen LogP contribution in [0.2, 0.25) is 0 Å². The second kappa shape index (κ2) is 5.48. The van der Waals surface area contributed by atoms with E-state index < -0.39 is 5.79 Å². The minimum Gasteiger partial charge on any atom is -0.347 e. The molecule has 0 radical (unpaired) electrons. The minimum atomic E-state index is -0.422. The van der Waals surface area contributed by atoms with E-state index in [0.717, 1.165) is 12.8 Å². The molecular formula is C15H20O2. The zero-order chi connectivity index (χ0) is 12.1. The topological polar surface area (TPSA) is 18.5 Å². The number of hydrogen-bond donors (Lipinski definition) is 0. The standard InChI is InChI=1S/C15H20O2/c1-15(2)16-12-14(17-15)11-7-6-10-13-8-4-3-5-9-13/h3-5,7-9,11,14H,6,10,12H2,1-2H3/b11-7+. The van der Waals surface area contributed by atoms with Crippen molar-refractivity contribution in [3.8, 4) is 0 Å². The second-order valence-electron chi connectivity index (χ2n) is 4.82. The fraction of sp³-hybridized carbons (Fsp3) is 0.467. The molecule has 1 aromatic rings. The zero-order valence-corrected chi connectivity index (χ0v) is 10.6. The van der Waals surface area contributed by atoms with Crippen LogP contribution in [0.4, 0.5) is 0 Å². The van der Waals surface area contributed by atoms with Gasteiger partial charge >= 0.3 is 0 Å². The molecule has 17 heavy (non-hydrogen) atoms. The number of rotatable bonds is 4. The smallest absolute Gasteiger partial charge is 0.163 e. The Morgan fingerprint density at radius 2 is 2.06 bits per heavy atom. The van der Waals surface area contributed by atoms with Crippen molar-refractivity contribution in [3.05, 3.63) is 48.0 Å². The molecule has 2 nitrogen and oxygen atoms in total. The maximum Gasteiger partial charge on any atom is 0.163 e. The van der Waals surface area contributed by atoms with Gasteiger partial charge in [-0.3, -0.25) is 0 Å². The molecule has 0 saturated carbocycles. The highest BCUT2D eigenvalue weighted by atomic mass is 16.7. The van der Waals surface area contributed by atoms with Crippen molar-refractivity contribution in [2.24, 2.45) is 0 Å². The maximum atomic E-state index is 5.69. The van der Waals surface area contributed by atoms with Gasteiger partial charge in [0, 0.05) is 0 Å². The van der Waals surface area contributed by atoms with Crippen LogP contribution in [-0.2, 0) is 15.9 Å². The Balaban J connectivity index is 1.72. The first kappa shape index (κ1) is 12.3. The van der Waals surface area contributed by atoms with Gasteiger partial charge in [-0.05, 0) is 32.3 Å². The van der Waals surface area contributed by atoms with Gasteiger partial charge in [-0.15, -0.1) is 0 Å². The van der Waals surface area contributed by atoms with Gasteiger partial charge in [0.2, 0.25) is 0 Å². The molecule has 2 rings (SSSR count). The Morgan fingerprint density at radius 1 is 1.29 bits per heavy atom. The molecule has 1 aliphatic rings. The third-order valence-corrected chi connectivity index (χ3v) is 2.82. The highest BCUT2D eigenvalue weighted by Gasteiger charge is 2.30. The summed E-state index contributed by atoms with van der Waals surface area (Å²) in [5.74, 6) is -0.422. The minimum absolute atomic E-state index is 0.112. The van der Waals surface area contributed by atoms with Crippen LogP contribution in [0.25, 0.3) is 0 Å². The quantitative estimate of drug-likeness (QED) is 0.741. The first-order valence-electron chi connectivity index (χ1n) is 6.18. The molecule has 1 unspecified atom stereocenters. The largest absolute Gasteiger partial charge is 0.347 e. The predicted molar refractivity (Wildman–Crippen MR) is 68.8 cm³/mol. The van der Waals surface area contributed by atoms with Crippen LogP contribution >= 0.6 is 0 Å².